The lowest BCUT2D eigenvalue weighted by Gasteiger charge is -2.51. The zero-order chi connectivity index (χ0) is 28.0. The van der Waals surface area contributed by atoms with Crippen LogP contribution in [0.2, 0.25) is 0 Å². The van der Waals surface area contributed by atoms with Gasteiger partial charge in [0.15, 0.2) is 11.4 Å². The molecule has 6 N–H and O–H groups in total. The van der Waals surface area contributed by atoms with E-state index in [-0.39, 0.29) is 23.3 Å². The van der Waals surface area contributed by atoms with E-state index in [1.54, 1.807) is 26.2 Å². The molecule has 1 aromatic heterocycles. The van der Waals surface area contributed by atoms with Gasteiger partial charge in [0.25, 0.3) is 5.91 Å². The minimum absolute atomic E-state index is 0.0258. The Bertz CT molecular complexity index is 1640. The molecule has 5 atom stereocenters. The van der Waals surface area contributed by atoms with Gasteiger partial charge in [-0.1, -0.05) is 24.3 Å². The zero-order valence-electron chi connectivity index (χ0n) is 21.0. The number of fused-ring (bicyclic) bond motifs is 4. The highest BCUT2D eigenvalue weighted by Crippen LogP contribution is 2.57. The molecular formula is C28H25N3O7S. The molecule has 1 amide bonds. The first-order chi connectivity index (χ1) is 18.5. The second kappa shape index (κ2) is 8.47. The van der Waals surface area contributed by atoms with Crippen LogP contribution in [0.5, 0.6) is 5.75 Å². The predicted molar refractivity (Wildman–Crippen MR) is 141 cm³/mol. The summed E-state index contributed by atoms with van der Waals surface area (Å²) in [6.45, 7) is 0. The van der Waals surface area contributed by atoms with E-state index in [0.29, 0.717) is 10.6 Å². The first-order valence-corrected chi connectivity index (χ1v) is 13.1. The van der Waals surface area contributed by atoms with Gasteiger partial charge in [0.1, 0.15) is 27.8 Å². The number of aromatic nitrogens is 1. The summed E-state index contributed by atoms with van der Waals surface area (Å²) in [6, 6.07) is 11.1. The molecule has 6 rings (SSSR count). The molecule has 0 saturated heterocycles. The number of primary amides is 1. The number of carbonyl (C=O) groups is 3. The van der Waals surface area contributed by atoms with Gasteiger partial charge in [-0.15, -0.1) is 11.3 Å². The molecule has 2 aromatic carbocycles. The fraction of sp³-hybridized carbons (Fsp3) is 0.286. The maximum Gasteiger partial charge on any atom is 0.255 e. The van der Waals surface area contributed by atoms with E-state index in [1.165, 1.54) is 22.3 Å². The number of ketones is 2. The number of hydrogen-bond acceptors (Lipinski definition) is 10. The van der Waals surface area contributed by atoms with Gasteiger partial charge in [-0.05, 0) is 44.3 Å². The molecule has 200 valence electrons. The van der Waals surface area contributed by atoms with Crippen molar-refractivity contribution in [1.82, 2.24) is 9.88 Å². The predicted octanol–water partition coefficient (Wildman–Crippen LogP) is 2.32. The average molecular weight is 548 g/mol. The first-order valence-electron chi connectivity index (χ1n) is 12.3. The molecule has 0 fully saturated rings. The molecule has 3 aromatic rings. The van der Waals surface area contributed by atoms with Crippen LogP contribution in [0.15, 0.2) is 65.1 Å². The van der Waals surface area contributed by atoms with Crippen LogP contribution in [-0.2, 0) is 9.59 Å². The van der Waals surface area contributed by atoms with Crippen LogP contribution in [-0.4, -0.2) is 73.5 Å². The number of benzene rings is 2. The number of phenols is 1. The van der Waals surface area contributed by atoms with E-state index in [2.05, 4.69) is 0 Å². The molecule has 11 heteroatoms. The Labute approximate surface area is 226 Å². The van der Waals surface area contributed by atoms with E-state index in [4.69, 9.17) is 10.7 Å². The smallest absolute Gasteiger partial charge is 0.255 e. The van der Waals surface area contributed by atoms with Crippen molar-refractivity contribution >= 4 is 39.0 Å². The molecule has 0 saturated carbocycles. The Morgan fingerprint density at radius 1 is 1.10 bits per heavy atom. The molecule has 0 radical (unpaired) electrons. The molecule has 0 spiro atoms. The first kappa shape index (κ1) is 25.2. The highest BCUT2D eigenvalue weighted by molar-refractivity contribution is 7.18. The van der Waals surface area contributed by atoms with Crippen LogP contribution in [0.1, 0.15) is 33.3 Å². The fourth-order valence-electron chi connectivity index (χ4n) is 6.56. The van der Waals surface area contributed by atoms with Crippen LogP contribution >= 0.6 is 11.3 Å². The molecule has 1 unspecified atom stereocenters. The molecule has 3 aliphatic rings. The summed E-state index contributed by atoms with van der Waals surface area (Å²) in [5.74, 6) is -7.61. The summed E-state index contributed by atoms with van der Waals surface area (Å²) in [6.07, 6.45) is -0.0258. The number of nitrogens with zero attached hydrogens (tertiary/aromatic N) is 2. The van der Waals surface area contributed by atoms with Crippen molar-refractivity contribution in [3.05, 3.63) is 81.3 Å². The van der Waals surface area contributed by atoms with Crippen molar-refractivity contribution in [2.45, 2.75) is 24.0 Å². The lowest BCUT2D eigenvalue weighted by molar-refractivity contribution is -0.148. The summed E-state index contributed by atoms with van der Waals surface area (Å²) < 4.78 is 0.902. The normalized spacial score (nSPS) is 28.5. The van der Waals surface area contributed by atoms with Crippen molar-refractivity contribution in [2.24, 2.45) is 17.6 Å². The number of amides is 1. The van der Waals surface area contributed by atoms with Gasteiger partial charge in [0, 0.05) is 23.3 Å². The largest absolute Gasteiger partial charge is 0.510 e. The molecule has 0 aliphatic heterocycles. The zero-order valence-corrected chi connectivity index (χ0v) is 21.8. The minimum atomic E-state index is -2.70. The SMILES string of the molecule is CN(C)[C@@H]1C(O)=C(C(N)=O)C(=O)[C@@]2(O)C(O)=C3C(=O)c4c(O)cccc4[C@H](c4nc5ccccc5s4)[C@H]3CC12. The number of nitrogens with two attached hydrogens (primary N) is 1. The fourth-order valence-corrected chi connectivity index (χ4v) is 7.71. The number of aliphatic hydroxyl groups is 3. The monoisotopic (exact) mass is 547 g/mol. The third-order valence-electron chi connectivity index (χ3n) is 8.19. The van der Waals surface area contributed by atoms with Gasteiger partial charge in [0.05, 0.1) is 21.8 Å². The number of aromatic hydroxyl groups is 1. The lowest BCUT2D eigenvalue weighted by Crippen LogP contribution is -2.64. The molecule has 1 heterocycles. The van der Waals surface area contributed by atoms with Crippen LogP contribution in [0.4, 0.5) is 0 Å². The Morgan fingerprint density at radius 3 is 2.49 bits per heavy atom. The number of aliphatic hydroxyl groups excluding tert-OH is 2. The number of para-hydroxylation sites is 1. The van der Waals surface area contributed by atoms with Gasteiger partial charge in [-0.2, -0.15) is 0 Å². The second-order valence-corrected chi connectivity index (χ2v) is 11.5. The van der Waals surface area contributed by atoms with Gasteiger partial charge in [-0.3, -0.25) is 19.3 Å². The van der Waals surface area contributed by atoms with E-state index in [0.717, 1.165) is 10.2 Å². The Balaban J connectivity index is 1.65. The lowest BCUT2D eigenvalue weighted by atomic mass is 9.56. The number of likely N-dealkylation sites (N-methyl/N-ethyl adjacent to an activating group) is 1. The third kappa shape index (κ3) is 3.27. The van der Waals surface area contributed by atoms with Crippen LogP contribution in [0, 0.1) is 11.8 Å². The standard InChI is InChI=1S/C28H25N3O7S/c1-31(2)21-13-10-12-17(27-30-14-7-3-4-9-16(14)39-27)11-6-5-8-15(32)18(11)22(33)19(12)24(35)28(13,38)25(36)20(23(21)34)26(29)37/h3-9,12-13,17,21,32,34-35,38H,10H2,1-2H3,(H2,29,37)/t12-,13?,17+,21+,28+/m1/s1. The van der Waals surface area contributed by atoms with Gasteiger partial charge in [-0.25, -0.2) is 4.98 Å². The van der Waals surface area contributed by atoms with Crippen molar-refractivity contribution in [1.29, 1.82) is 0 Å². The Kier molecular flexibility index (Phi) is 5.48. The topological polar surface area (TPSA) is 174 Å². The number of rotatable bonds is 3. The Morgan fingerprint density at radius 2 is 1.82 bits per heavy atom. The second-order valence-electron chi connectivity index (χ2n) is 10.4. The maximum absolute atomic E-state index is 13.9. The maximum atomic E-state index is 13.9. The summed E-state index contributed by atoms with van der Waals surface area (Å²) in [5, 5.41) is 45.8. The van der Waals surface area contributed by atoms with Gasteiger partial charge >= 0.3 is 0 Å². The van der Waals surface area contributed by atoms with Gasteiger partial charge < -0.3 is 26.2 Å². The quantitative estimate of drug-likeness (QED) is 0.308. The van der Waals surface area contributed by atoms with E-state index in [1.807, 2.05) is 24.3 Å². The molecular weight excluding hydrogens is 522 g/mol. The molecule has 10 nitrogen and oxygen atoms in total. The summed E-state index contributed by atoms with van der Waals surface area (Å²) in [4.78, 5) is 45.9. The molecule has 3 aliphatic carbocycles. The number of thiazole rings is 1. The van der Waals surface area contributed by atoms with Crippen molar-refractivity contribution in [3.63, 3.8) is 0 Å². The number of carbonyl (C=O) groups excluding carboxylic acids is 3. The average Bonchev–Trinajstić information content (AvgIpc) is 3.29. The van der Waals surface area contributed by atoms with Crippen molar-refractivity contribution in [3.8, 4) is 5.75 Å². The number of hydrogen-bond donors (Lipinski definition) is 5. The Hall–Kier alpha value is -4.06. The van der Waals surface area contributed by atoms with Gasteiger partial charge in [0.2, 0.25) is 5.78 Å². The minimum Gasteiger partial charge on any atom is -0.510 e. The van der Waals surface area contributed by atoms with E-state index >= 15 is 0 Å². The van der Waals surface area contributed by atoms with Crippen LogP contribution in [0.25, 0.3) is 10.2 Å². The highest BCUT2D eigenvalue weighted by atomic mass is 32.1. The highest BCUT2D eigenvalue weighted by Gasteiger charge is 2.64. The van der Waals surface area contributed by atoms with Crippen LogP contribution in [0.3, 0.4) is 0 Å². The van der Waals surface area contributed by atoms with E-state index < -0.39 is 64.0 Å². The molecule has 39 heavy (non-hydrogen) atoms. The summed E-state index contributed by atoms with van der Waals surface area (Å²) in [7, 11) is 3.19. The number of phenolic OH excluding ortho intramolecular Hbond substituents is 1. The number of Topliss-reactive ketones (excluding diaryl/α,β-unsaturated/α-hetero) is 2. The van der Waals surface area contributed by atoms with E-state index in [9.17, 15) is 34.8 Å². The van der Waals surface area contributed by atoms with Crippen molar-refractivity contribution in [2.75, 3.05) is 14.1 Å². The number of allylic oxidation sites excluding steroid dienone is 1. The van der Waals surface area contributed by atoms with Crippen LogP contribution < -0.4 is 5.73 Å². The summed E-state index contributed by atoms with van der Waals surface area (Å²) in [5.41, 5.74) is 2.83. The van der Waals surface area contributed by atoms with Crippen molar-refractivity contribution < 1.29 is 34.8 Å². The summed E-state index contributed by atoms with van der Waals surface area (Å²) >= 11 is 1.40. The third-order valence-corrected chi connectivity index (χ3v) is 9.30. The molecule has 0 bridgehead atoms.